The smallest absolute Gasteiger partial charge is 0.331 e. The van der Waals surface area contributed by atoms with Gasteiger partial charge in [0, 0.05) is 25.0 Å². The Morgan fingerprint density at radius 3 is 1.62 bits per heavy atom. The maximum atomic E-state index is 10.9. The summed E-state index contributed by atoms with van der Waals surface area (Å²) in [5.74, 6) is 3.35. The number of esters is 2. The maximum absolute atomic E-state index is 10.9. The fourth-order valence-corrected chi connectivity index (χ4v) is 0.653. The number of carbonyl (C=O) groups excluding carboxylic acids is 2. The van der Waals surface area contributed by atoms with Gasteiger partial charge in [-0.15, -0.1) is 24.7 Å². The molecule has 0 aromatic rings. The second kappa shape index (κ2) is 9.36. The molecule has 0 aliphatic heterocycles. The van der Waals surface area contributed by atoms with Crippen molar-refractivity contribution in [3.63, 3.8) is 0 Å². The molecule has 84 valence electrons. The molecule has 0 atom stereocenters. The Bertz CT molecular complexity index is 307. The van der Waals surface area contributed by atoms with E-state index in [2.05, 4.69) is 21.3 Å². The van der Waals surface area contributed by atoms with E-state index in [0.717, 1.165) is 12.2 Å². The van der Waals surface area contributed by atoms with Crippen LogP contribution in [0.3, 0.4) is 0 Å². The Morgan fingerprint density at radius 2 is 1.31 bits per heavy atom. The van der Waals surface area contributed by atoms with E-state index < -0.39 is 11.9 Å². The molecule has 16 heavy (non-hydrogen) atoms. The van der Waals surface area contributed by atoms with E-state index in [-0.39, 0.29) is 13.2 Å². The fraction of sp³-hybridized carbons (Fsp3) is 0.333. The second-order valence-corrected chi connectivity index (χ2v) is 2.58. The number of hydrogen-bond acceptors (Lipinski definition) is 4. The molecule has 0 aromatic carbocycles. The van der Waals surface area contributed by atoms with E-state index in [4.69, 9.17) is 12.8 Å². The van der Waals surface area contributed by atoms with Crippen LogP contribution in [0.25, 0.3) is 0 Å². The molecule has 0 fully saturated rings. The number of hydrogen-bond donors (Lipinski definition) is 0. The van der Waals surface area contributed by atoms with E-state index in [9.17, 15) is 9.59 Å². The van der Waals surface area contributed by atoms with Crippen molar-refractivity contribution in [3.05, 3.63) is 12.2 Å². The lowest BCUT2D eigenvalue weighted by Gasteiger charge is -1.98. The molecule has 0 amide bonds. The quantitative estimate of drug-likeness (QED) is 0.286. The van der Waals surface area contributed by atoms with Gasteiger partial charge in [-0.25, -0.2) is 9.59 Å². The van der Waals surface area contributed by atoms with Gasteiger partial charge in [-0.3, -0.25) is 0 Å². The van der Waals surface area contributed by atoms with Gasteiger partial charge in [0.25, 0.3) is 0 Å². The van der Waals surface area contributed by atoms with E-state index >= 15 is 0 Å². The third-order valence-corrected chi connectivity index (χ3v) is 1.34. The lowest BCUT2D eigenvalue weighted by molar-refractivity contribution is -0.140. The highest BCUT2D eigenvalue weighted by Crippen LogP contribution is 1.88. The van der Waals surface area contributed by atoms with Crippen molar-refractivity contribution in [1.82, 2.24) is 0 Å². The number of carbonyl (C=O) groups is 2. The summed E-state index contributed by atoms with van der Waals surface area (Å²) in [6, 6.07) is 0. The highest BCUT2D eigenvalue weighted by molar-refractivity contribution is 5.91. The van der Waals surface area contributed by atoms with Crippen LogP contribution in [0.15, 0.2) is 12.2 Å². The third kappa shape index (κ3) is 8.40. The van der Waals surface area contributed by atoms with E-state index in [0.29, 0.717) is 12.8 Å². The zero-order valence-corrected chi connectivity index (χ0v) is 8.77. The van der Waals surface area contributed by atoms with Crippen LogP contribution in [0.1, 0.15) is 12.8 Å². The SMILES string of the molecule is C#CCCOC(=O)/C=C\C(=O)OCCC#C. The normalized spacial score (nSPS) is 9.12. The van der Waals surface area contributed by atoms with Crippen molar-refractivity contribution >= 4 is 11.9 Å². The molecule has 0 rings (SSSR count). The summed E-state index contributed by atoms with van der Waals surface area (Å²) in [6.45, 7) is 0.262. The molecule has 0 saturated heterocycles. The molecule has 0 radical (unpaired) electrons. The van der Waals surface area contributed by atoms with Gasteiger partial charge in [-0.05, 0) is 0 Å². The minimum absolute atomic E-state index is 0.131. The molecule has 4 nitrogen and oxygen atoms in total. The zero-order chi connectivity index (χ0) is 12.2. The van der Waals surface area contributed by atoms with E-state index in [1.165, 1.54) is 0 Å². The predicted octanol–water partition coefficient (Wildman–Crippen LogP) is 0.676. The first-order chi connectivity index (χ1) is 7.70. The van der Waals surface area contributed by atoms with Gasteiger partial charge in [-0.1, -0.05) is 0 Å². The highest BCUT2D eigenvalue weighted by Gasteiger charge is 1.99. The van der Waals surface area contributed by atoms with Gasteiger partial charge >= 0.3 is 11.9 Å². The van der Waals surface area contributed by atoms with Gasteiger partial charge in [0.1, 0.15) is 13.2 Å². The Hall–Kier alpha value is -2.20. The van der Waals surface area contributed by atoms with Gasteiger partial charge in [0.2, 0.25) is 0 Å². The Balaban J connectivity index is 3.73. The summed E-state index contributed by atoms with van der Waals surface area (Å²) < 4.78 is 9.30. The van der Waals surface area contributed by atoms with E-state index in [1.807, 2.05) is 0 Å². The summed E-state index contributed by atoms with van der Waals surface area (Å²) >= 11 is 0. The van der Waals surface area contributed by atoms with Crippen molar-refractivity contribution in [1.29, 1.82) is 0 Å². The van der Waals surface area contributed by atoms with Gasteiger partial charge in [0.05, 0.1) is 0 Å². The number of rotatable bonds is 6. The molecule has 0 saturated carbocycles. The summed E-state index contributed by atoms with van der Waals surface area (Å²) in [5.41, 5.74) is 0. The van der Waals surface area contributed by atoms with Crippen LogP contribution in [-0.2, 0) is 19.1 Å². The minimum atomic E-state index is -0.635. The molecular weight excluding hydrogens is 208 g/mol. The van der Waals surface area contributed by atoms with Crippen LogP contribution < -0.4 is 0 Å². The monoisotopic (exact) mass is 220 g/mol. The zero-order valence-electron chi connectivity index (χ0n) is 8.77. The summed E-state index contributed by atoms with van der Waals surface area (Å²) in [5, 5.41) is 0. The fourth-order valence-electron chi connectivity index (χ4n) is 0.653. The largest absolute Gasteiger partial charge is 0.462 e. The molecule has 0 heterocycles. The topological polar surface area (TPSA) is 52.6 Å². The van der Waals surface area contributed by atoms with Gasteiger partial charge < -0.3 is 9.47 Å². The molecule has 0 aliphatic rings. The van der Waals surface area contributed by atoms with Crippen LogP contribution in [0, 0.1) is 24.7 Å². The van der Waals surface area contributed by atoms with Crippen molar-refractivity contribution in [2.75, 3.05) is 13.2 Å². The van der Waals surface area contributed by atoms with Crippen LogP contribution in [0.2, 0.25) is 0 Å². The molecule has 0 unspecified atom stereocenters. The lowest BCUT2D eigenvalue weighted by Crippen LogP contribution is -2.05. The van der Waals surface area contributed by atoms with Gasteiger partial charge in [-0.2, -0.15) is 0 Å². The van der Waals surface area contributed by atoms with E-state index in [1.54, 1.807) is 0 Å². The first-order valence-electron chi connectivity index (χ1n) is 4.59. The first kappa shape index (κ1) is 13.8. The molecule has 4 heteroatoms. The van der Waals surface area contributed by atoms with Crippen LogP contribution in [0.4, 0.5) is 0 Å². The summed E-state index contributed by atoms with van der Waals surface area (Å²) in [7, 11) is 0. The molecule has 0 N–H and O–H groups in total. The van der Waals surface area contributed by atoms with Crippen LogP contribution >= 0.6 is 0 Å². The highest BCUT2D eigenvalue weighted by atomic mass is 16.5. The summed E-state index contributed by atoms with van der Waals surface area (Å²) in [6.07, 6.45) is 12.6. The first-order valence-corrected chi connectivity index (χ1v) is 4.59. The Labute approximate surface area is 94.6 Å². The molecular formula is C12H12O4. The average Bonchev–Trinajstić information content (AvgIpc) is 2.27. The molecule has 0 aromatic heterocycles. The second-order valence-electron chi connectivity index (χ2n) is 2.58. The Kier molecular flexibility index (Phi) is 8.07. The minimum Gasteiger partial charge on any atom is -0.462 e. The van der Waals surface area contributed by atoms with Crippen molar-refractivity contribution in [2.45, 2.75) is 12.8 Å². The predicted molar refractivity (Wildman–Crippen MR) is 58.0 cm³/mol. The number of ether oxygens (including phenoxy) is 2. The molecule has 0 spiro atoms. The van der Waals surface area contributed by atoms with Gasteiger partial charge in [0.15, 0.2) is 0 Å². The Morgan fingerprint density at radius 1 is 0.938 bits per heavy atom. The molecule has 0 aliphatic carbocycles. The summed E-state index contributed by atoms with van der Waals surface area (Å²) in [4.78, 5) is 21.9. The standard InChI is InChI=1S/C12H12O4/c1-3-5-9-15-11(13)7-8-12(14)16-10-6-4-2/h1-2,7-8H,5-6,9-10H2/b8-7-. The third-order valence-electron chi connectivity index (χ3n) is 1.34. The van der Waals surface area contributed by atoms with Crippen molar-refractivity contribution < 1.29 is 19.1 Å². The average molecular weight is 220 g/mol. The number of terminal acetylenes is 2. The van der Waals surface area contributed by atoms with Crippen molar-refractivity contribution in [3.8, 4) is 24.7 Å². The van der Waals surface area contributed by atoms with Crippen molar-refractivity contribution in [2.24, 2.45) is 0 Å². The maximum Gasteiger partial charge on any atom is 0.331 e. The molecule has 0 bridgehead atoms. The lowest BCUT2D eigenvalue weighted by atomic mass is 10.4. The van der Waals surface area contributed by atoms with Crippen LogP contribution in [-0.4, -0.2) is 25.2 Å². The van der Waals surface area contributed by atoms with Crippen LogP contribution in [0.5, 0.6) is 0 Å².